The van der Waals surface area contributed by atoms with E-state index in [2.05, 4.69) is 46.8 Å². The summed E-state index contributed by atoms with van der Waals surface area (Å²) in [5, 5.41) is 6.71. The summed E-state index contributed by atoms with van der Waals surface area (Å²) in [7, 11) is 9.28. The van der Waals surface area contributed by atoms with Gasteiger partial charge in [0.15, 0.2) is 5.96 Å². The predicted octanol–water partition coefficient (Wildman–Crippen LogP) is 2.13. The zero-order chi connectivity index (χ0) is 19.2. The quantitative estimate of drug-likeness (QED) is 0.201. The molecule has 1 rings (SSSR count). The maximum atomic E-state index is 5.45. The Morgan fingerprint density at radius 3 is 2.33 bits per heavy atom. The van der Waals surface area contributed by atoms with Crippen LogP contribution in [-0.2, 0) is 9.47 Å². The maximum absolute atomic E-state index is 5.45. The van der Waals surface area contributed by atoms with Crippen LogP contribution in [0, 0.1) is 0 Å². The van der Waals surface area contributed by atoms with Gasteiger partial charge in [-0.15, -0.1) is 24.0 Å². The molecule has 1 aromatic carbocycles. The number of likely N-dealkylation sites (N-methyl/N-ethyl adjacent to an activating group) is 1. The lowest BCUT2D eigenvalue weighted by atomic mass is 10.1. The van der Waals surface area contributed by atoms with E-state index >= 15 is 0 Å². The van der Waals surface area contributed by atoms with E-state index in [9.17, 15) is 0 Å². The van der Waals surface area contributed by atoms with Crippen molar-refractivity contribution in [3.63, 3.8) is 0 Å². The van der Waals surface area contributed by atoms with Crippen molar-refractivity contribution in [2.75, 3.05) is 68.3 Å². The Kier molecular flexibility index (Phi) is 15.3. The van der Waals surface area contributed by atoms with Crippen molar-refractivity contribution in [3.8, 4) is 5.75 Å². The second-order valence-corrected chi connectivity index (χ2v) is 6.09. The van der Waals surface area contributed by atoms with Crippen molar-refractivity contribution in [1.29, 1.82) is 0 Å². The van der Waals surface area contributed by atoms with Crippen molar-refractivity contribution in [2.45, 2.75) is 12.5 Å². The van der Waals surface area contributed by atoms with Crippen LogP contribution < -0.4 is 15.4 Å². The molecule has 1 aromatic rings. The maximum Gasteiger partial charge on any atom is 0.191 e. The molecular formula is C19H35IN4O3. The lowest BCUT2D eigenvalue weighted by Crippen LogP contribution is -2.42. The number of benzene rings is 1. The van der Waals surface area contributed by atoms with Gasteiger partial charge < -0.3 is 29.7 Å². The summed E-state index contributed by atoms with van der Waals surface area (Å²) in [5.41, 5.74) is 1.23. The fraction of sp³-hybridized carbons (Fsp3) is 0.632. The van der Waals surface area contributed by atoms with Crippen LogP contribution in [0.4, 0.5) is 0 Å². The fourth-order valence-corrected chi connectivity index (χ4v) is 2.46. The molecule has 0 aliphatic heterocycles. The highest BCUT2D eigenvalue weighted by Gasteiger charge is 2.14. The van der Waals surface area contributed by atoms with Crippen LogP contribution in [0.3, 0.4) is 0 Å². The van der Waals surface area contributed by atoms with Gasteiger partial charge in [0.25, 0.3) is 0 Å². The summed E-state index contributed by atoms with van der Waals surface area (Å²) in [5.74, 6) is 1.66. The summed E-state index contributed by atoms with van der Waals surface area (Å²) >= 11 is 0. The molecule has 8 heteroatoms. The van der Waals surface area contributed by atoms with Crippen molar-refractivity contribution < 1.29 is 14.2 Å². The SMILES string of the molecule is CN=C(NCCCOCCOC)NCC(c1ccc(OC)cc1)N(C)C.I. The van der Waals surface area contributed by atoms with Crippen LogP contribution in [0.25, 0.3) is 0 Å². The van der Waals surface area contributed by atoms with Crippen LogP contribution in [-0.4, -0.2) is 79.1 Å². The molecule has 0 aliphatic rings. The molecular weight excluding hydrogens is 459 g/mol. The predicted molar refractivity (Wildman–Crippen MR) is 122 cm³/mol. The van der Waals surface area contributed by atoms with E-state index in [0.29, 0.717) is 19.8 Å². The summed E-state index contributed by atoms with van der Waals surface area (Å²) < 4.78 is 15.6. The fourth-order valence-electron chi connectivity index (χ4n) is 2.46. The van der Waals surface area contributed by atoms with E-state index in [1.165, 1.54) is 5.56 Å². The van der Waals surface area contributed by atoms with Crippen LogP contribution in [0.5, 0.6) is 5.75 Å². The van der Waals surface area contributed by atoms with Gasteiger partial charge in [-0.2, -0.15) is 0 Å². The van der Waals surface area contributed by atoms with Crippen molar-refractivity contribution in [2.24, 2.45) is 4.99 Å². The topological polar surface area (TPSA) is 67.4 Å². The van der Waals surface area contributed by atoms with Crippen LogP contribution in [0.1, 0.15) is 18.0 Å². The van der Waals surface area contributed by atoms with Gasteiger partial charge in [-0.1, -0.05) is 12.1 Å². The molecule has 0 spiro atoms. The molecule has 0 amide bonds. The number of rotatable bonds is 12. The largest absolute Gasteiger partial charge is 0.497 e. The van der Waals surface area contributed by atoms with Crippen LogP contribution >= 0.6 is 24.0 Å². The third-order valence-electron chi connectivity index (χ3n) is 4.00. The molecule has 156 valence electrons. The number of methoxy groups -OCH3 is 2. The van der Waals surface area contributed by atoms with Gasteiger partial charge in [-0.05, 0) is 38.2 Å². The van der Waals surface area contributed by atoms with E-state index < -0.39 is 0 Å². The van der Waals surface area contributed by atoms with Crippen LogP contribution in [0.2, 0.25) is 0 Å². The van der Waals surface area contributed by atoms with Gasteiger partial charge in [-0.3, -0.25) is 4.99 Å². The average molecular weight is 494 g/mol. The highest BCUT2D eigenvalue weighted by Crippen LogP contribution is 2.20. The van der Waals surface area contributed by atoms with Crippen molar-refractivity contribution in [1.82, 2.24) is 15.5 Å². The monoisotopic (exact) mass is 494 g/mol. The van der Waals surface area contributed by atoms with Crippen molar-refractivity contribution in [3.05, 3.63) is 29.8 Å². The Morgan fingerprint density at radius 1 is 1.07 bits per heavy atom. The molecule has 0 radical (unpaired) electrons. The zero-order valence-corrected chi connectivity index (χ0v) is 19.5. The first kappa shape index (κ1) is 25.9. The second kappa shape index (κ2) is 15.9. The van der Waals surface area contributed by atoms with Gasteiger partial charge in [0.2, 0.25) is 0 Å². The van der Waals surface area contributed by atoms with Gasteiger partial charge in [-0.25, -0.2) is 0 Å². The number of guanidine groups is 1. The number of hydrogen-bond acceptors (Lipinski definition) is 5. The van der Waals surface area contributed by atoms with Gasteiger partial charge in [0.1, 0.15) is 5.75 Å². The van der Waals surface area contributed by atoms with Crippen LogP contribution in [0.15, 0.2) is 29.3 Å². The summed E-state index contributed by atoms with van der Waals surface area (Å²) in [6, 6.07) is 8.40. The number of ether oxygens (including phenoxy) is 3. The smallest absolute Gasteiger partial charge is 0.191 e. The minimum absolute atomic E-state index is 0. The molecule has 0 saturated carbocycles. The Labute approximate surface area is 180 Å². The highest BCUT2D eigenvalue weighted by atomic mass is 127. The summed E-state index contributed by atoms with van der Waals surface area (Å²) in [6.45, 7) is 3.54. The molecule has 0 bridgehead atoms. The van der Waals surface area contributed by atoms with Gasteiger partial charge in [0.05, 0.1) is 26.4 Å². The number of hydrogen-bond donors (Lipinski definition) is 2. The average Bonchev–Trinajstić information content (AvgIpc) is 2.66. The number of halogens is 1. The van der Waals surface area contributed by atoms with E-state index in [4.69, 9.17) is 14.2 Å². The van der Waals surface area contributed by atoms with E-state index in [1.807, 2.05) is 12.1 Å². The summed E-state index contributed by atoms with van der Waals surface area (Å²) in [6.07, 6.45) is 0.917. The number of nitrogens with one attached hydrogen (secondary N) is 2. The molecule has 7 nitrogen and oxygen atoms in total. The molecule has 0 heterocycles. The normalized spacial score (nSPS) is 12.4. The Bertz CT molecular complexity index is 512. The zero-order valence-electron chi connectivity index (χ0n) is 17.2. The Hall–Kier alpha value is -1.10. The molecule has 27 heavy (non-hydrogen) atoms. The molecule has 0 fully saturated rings. The van der Waals surface area contributed by atoms with E-state index in [1.54, 1.807) is 21.3 Å². The third kappa shape index (κ3) is 10.7. The molecule has 2 N–H and O–H groups in total. The first-order valence-corrected chi connectivity index (χ1v) is 8.94. The second-order valence-electron chi connectivity index (χ2n) is 6.09. The standard InChI is InChI=1S/C19H34N4O3.HI/c1-20-19(21-11-6-12-26-14-13-24-4)22-15-18(23(2)3)16-7-9-17(25-5)10-8-16;/h7-10,18H,6,11-15H2,1-5H3,(H2,20,21,22);1H. The highest BCUT2D eigenvalue weighted by molar-refractivity contribution is 14.0. The molecule has 1 atom stereocenters. The third-order valence-corrected chi connectivity index (χ3v) is 4.00. The van der Waals surface area contributed by atoms with Gasteiger partial charge >= 0.3 is 0 Å². The molecule has 1 unspecified atom stereocenters. The van der Waals surface area contributed by atoms with E-state index in [-0.39, 0.29) is 30.0 Å². The first-order valence-electron chi connectivity index (χ1n) is 8.94. The molecule has 0 saturated heterocycles. The number of nitrogens with zero attached hydrogens (tertiary/aromatic N) is 2. The molecule has 0 aliphatic carbocycles. The lowest BCUT2D eigenvalue weighted by molar-refractivity contribution is 0.0698. The van der Waals surface area contributed by atoms with E-state index in [0.717, 1.165) is 31.2 Å². The Morgan fingerprint density at radius 2 is 1.78 bits per heavy atom. The van der Waals surface area contributed by atoms with Gasteiger partial charge in [0, 0.05) is 33.9 Å². The lowest BCUT2D eigenvalue weighted by Gasteiger charge is -2.26. The Balaban J connectivity index is 0.00000676. The van der Waals surface area contributed by atoms with Crippen molar-refractivity contribution >= 4 is 29.9 Å². The number of aliphatic imine (C=N–C) groups is 1. The summed E-state index contributed by atoms with van der Waals surface area (Å²) in [4.78, 5) is 6.47. The minimum atomic E-state index is 0. The minimum Gasteiger partial charge on any atom is -0.497 e. The first-order chi connectivity index (χ1) is 12.6. The molecule has 0 aromatic heterocycles.